The smallest absolute Gasteiger partial charge is 0.223 e. The summed E-state index contributed by atoms with van der Waals surface area (Å²) in [6, 6.07) is 12.1. The fourth-order valence-electron chi connectivity index (χ4n) is 3.06. The number of ether oxygens (including phenoxy) is 2. The van der Waals surface area contributed by atoms with Crippen molar-refractivity contribution < 1.29 is 14.3 Å². The standard InChI is InChI=1S/C20H22BrNO3S/c1-24-17-11-14-7-9-22(13-15(14)12-18(17)25-2)20(23)8-10-26-19-6-4-3-5-16(19)21/h3-6,11-12H,7-10,13H2,1-2H3. The first kappa shape index (κ1) is 19.1. The maximum Gasteiger partial charge on any atom is 0.223 e. The number of carbonyl (C=O) groups excluding carboxylic acids is 1. The van der Waals surface area contributed by atoms with Crippen LogP contribution < -0.4 is 9.47 Å². The van der Waals surface area contributed by atoms with Gasteiger partial charge in [0.1, 0.15) is 0 Å². The highest BCUT2D eigenvalue weighted by molar-refractivity contribution is 9.10. The number of carbonyl (C=O) groups is 1. The van der Waals surface area contributed by atoms with Crippen molar-refractivity contribution >= 4 is 33.6 Å². The van der Waals surface area contributed by atoms with Gasteiger partial charge in [-0.25, -0.2) is 0 Å². The molecule has 0 aromatic heterocycles. The summed E-state index contributed by atoms with van der Waals surface area (Å²) in [4.78, 5) is 15.7. The minimum atomic E-state index is 0.199. The number of amides is 1. The van der Waals surface area contributed by atoms with E-state index in [1.165, 1.54) is 10.5 Å². The van der Waals surface area contributed by atoms with Crippen molar-refractivity contribution in [2.24, 2.45) is 0 Å². The molecule has 0 bridgehead atoms. The van der Waals surface area contributed by atoms with Crippen LogP contribution in [0.3, 0.4) is 0 Å². The average Bonchev–Trinajstić information content (AvgIpc) is 2.67. The monoisotopic (exact) mass is 435 g/mol. The van der Waals surface area contributed by atoms with E-state index in [4.69, 9.17) is 9.47 Å². The van der Waals surface area contributed by atoms with Crippen molar-refractivity contribution in [2.45, 2.75) is 24.3 Å². The molecule has 0 unspecified atom stereocenters. The van der Waals surface area contributed by atoms with Crippen LogP contribution in [0.5, 0.6) is 11.5 Å². The number of rotatable bonds is 6. The molecule has 0 atom stereocenters. The molecule has 2 aromatic rings. The van der Waals surface area contributed by atoms with Gasteiger partial charge in [-0.05, 0) is 57.7 Å². The maximum absolute atomic E-state index is 12.6. The third-order valence-electron chi connectivity index (χ3n) is 4.48. The van der Waals surface area contributed by atoms with Gasteiger partial charge in [0, 0.05) is 34.6 Å². The first-order chi connectivity index (χ1) is 12.6. The minimum absolute atomic E-state index is 0.199. The van der Waals surface area contributed by atoms with E-state index in [-0.39, 0.29) is 5.91 Å². The number of thioether (sulfide) groups is 1. The summed E-state index contributed by atoms with van der Waals surface area (Å²) in [7, 11) is 3.28. The molecule has 26 heavy (non-hydrogen) atoms. The lowest BCUT2D eigenvalue weighted by Gasteiger charge is -2.29. The van der Waals surface area contributed by atoms with Crippen molar-refractivity contribution in [1.29, 1.82) is 0 Å². The van der Waals surface area contributed by atoms with Gasteiger partial charge in [-0.15, -0.1) is 11.8 Å². The van der Waals surface area contributed by atoms with Crippen LogP contribution in [0.15, 0.2) is 45.8 Å². The summed E-state index contributed by atoms with van der Waals surface area (Å²) in [5.74, 6) is 2.43. The summed E-state index contributed by atoms with van der Waals surface area (Å²) in [6.45, 7) is 1.38. The summed E-state index contributed by atoms with van der Waals surface area (Å²) in [5.41, 5.74) is 2.37. The number of nitrogens with zero attached hydrogens (tertiary/aromatic N) is 1. The van der Waals surface area contributed by atoms with Crippen LogP contribution >= 0.6 is 27.7 Å². The van der Waals surface area contributed by atoms with E-state index >= 15 is 0 Å². The van der Waals surface area contributed by atoms with E-state index in [0.717, 1.165) is 34.5 Å². The summed E-state index contributed by atoms with van der Waals surface area (Å²) in [6.07, 6.45) is 1.38. The second-order valence-corrected chi connectivity index (χ2v) is 8.06. The second-order valence-electron chi connectivity index (χ2n) is 6.07. The Kier molecular flexibility index (Phi) is 6.48. The molecule has 2 aromatic carbocycles. The molecule has 0 spiro atoms. The van der Waals surface area contributed by atoms with Crippen molar-refractivity contribution in [3.8, 4) is 11.5 Å². The molecule has 138 valence electrons. The fourth-order valence-corrected chi connectivity index (χ4v) is 4.57. The number of benzene rings is 2. The van der Waals surface area contributed by atoms with Crippen LogP contribution in [0.1, 0.15) is 17.5 Å². The fraction of sp³-hybridized carbons (Fsp3) is 0.350. The molecule has 0 aliphatic carbocycles. The van der Waals surface area contributed by atoms with Crippen LogP contribution in [0.25, 0.3) is 0 Å². The van der Waals surface area contributed by atoms with E-state index < -0.39 is 0 Å². The summed E-state index contributed by atoms with van der Waals surface area (Å²) >= 11 is 5.25. The summed E-state index contributed by atoms with van der Waals surface area (Å²) in [5, 5.41) is 0. The van der Waals surface area contributed by atoms with Crippen LogP contribution in [-0.2, 0) is 17.8 Å². The quantitative estimate of drug-likeness (QED) is 0.624. The lowest BCUT2D eigenvalue weighted by atomic mass is 9.98. The van der Waals surface area contributed by atoms with Gasteiger partial charge in [0.2, 0.25) is 5.91 Å². The second kappa shape index (κ2) is 8.82. The Balaban J connectivity index is 1.59. The van der Waals surface area contributed by atoms with Crippen LogP contribution in [0.4, 0.5) is 0 Å². The lowest BCUT2D eigenvalue weighted by Crippen LogP contribution is -2.36. The largest absolute Gasteiger partial charge is 0.493 e. The lowest BCUT2D eigenvalue weighted by molar-refractivity contribution is -0.131. The number of methoxy groups -OCH3 is 2. The van der Waals surface area contributed by atoms with Crippen molar-refractivity contribution in [2.75, 3.05) is 26.5 Å². The highest BCUT2D eigenvalue weighted by Crippen LogP contribution is 2.33. The molecule has 1 aliphatic rings. The Morgan fingerprint density at radius 1 is 1.15 bits per heavy atom. The molecule has 0 saturated heterocycles. The van der Waals surface area contributed by atoms with Gasteiger partial charge in [0.25, 0.3) is 0 Å². The van der Waals surface area contributed by atoms with E-state index in [0.29, 0.717) is 18.7 Å². The predicted molar refractivity (Wildman–Crippen MR) is 108 cm³/mol. The number of halogens is 1. The Morgan fingerprint density at radius 3 is 2.54 bits per heavy atom. The number of hydrogen-bond acceptors (Lipinski definition) is 4. The molecule has 1 heterocycles. The molecule has 0 radical (unpaired) electrons. The normalized spacial score (nSPS) is 13.3. The Labute approximate surface area is 167 Å². The average molecular weight is 436 g/mol. The highest BCUT2D eigenvalue weighted by Gasteiger charge is 2.22. The van der Waals surface area contributed by atoms with Gasteiger partial charge >= 0.3 is 0 Å². The molecule has 3 rings (SSSR count). The van der Waals surface area contributed by atoms with E-state index in [1.54, 1.807) is 26.0 Å². The van der Waals surface area contributed by atoms with Gasteiger partial charge < -0.3 is 14.4 Å². The van der Waals surface area contributed by atoms with E-state index in [1.807, 2.05) is 35.2 Å². The van der Waals surface area contributed by atoms with E-state index in [9.17, 15) is 4.79 Å². The summed E-state index contributed by atoms with van der Waals surface area (Å²) < 4.78 is 11.8. The zero-order valence-corrected chi connectivity index (χ0v) is 17.4. The van der Waals surface area contributed by atoms with Gasteiger partial charge in [-0.3, -0.25) is 4.79 Å². The van der Waals surface area contributed by atoms with Gasteiger partial charge in [0.15, 0.2) is 11.5 Å². The van der Waals surface area contributed by atoms with E-state index in [2.05, 4.69) is 22.0 Å². The third kappa shape index (κ3) is 4.35. The highest BCUT2D eigenvalue weighted by atomic mass is 79.9. The number of hydrogen-bond donors (Lipinski definition) is 0. The van der Waals surface area contributed by atoms with Crippen LogP contribution in [-0.4, -0.2) is 37.3 Å². The Morgan fingerprint density at radius 2 is 1.85 bits per heavy atom. The first-order valence-electron chi connectivity index (χ1n) is 8.51. The molecular formula is C20H22BrNO3S. The topological polar surface area (TPSA) is 38.8 Å². The predicted octanol–water partition coefficient (Wildman–Crippen LogP) is 4.53. The van der Waals surface area contributed by atoms with Crippen molar-refractivity contribution in [3.05, 3.63) is 52.0 Å². The first-order valence-corrected chi connectivity index (χ1v) is 10.3. The molecular weight excluding hydrogens is 414 g/mol. The number of fused-ring (bicyclic) bond motifs is 1. The molecule has 6 heteroatoms. The Hall–Kier alpha value is -1.66. The molecule has 1 amide bonds. The van der Waals surface area contributed by atoms with Gasteiger partial charge in [0.05, 0.1) is 14.2 Å². The molecule has 1 aliphatic heterocycles. The molecule has 0 N–H and O–H groups in total. The molecule has 4 nitrogen and oxygen atoms in total. The minimum Gasteiger partial charge on any atom is -0.493 e. The van der Waals surface area contributed by atoms with Crippen molar-refractivity contribution in [1.82, 2.24) is 4.90 Å². The zero-order chi connectivity index (χ0) is 18.5. The zero-order valence-electron chi connectivity index (χ0n) is 15.0. The van der Waals surface area contributed by atoms with Crippen LogP contribution in [0.2, 0.25) is 0 Å². The molecule has 0 fully saturated rings. The third-order valence-corrected chi connectivity index (χ3v) is 6.51. The SMILES string of the molecule is COc1cc2c(cc1OC)CN(C(=O)CCSc1ccccc1Br)CC2. The molecule has 0 saturated carbocycles. The Bertz CT molecular complexity index is 797. The van der Waals surface area contributed by atoms with Crippen LogP contribution in [0, 0.1) is 0 Å². The van der Waals surface area contributed by atoms with Gasteiger partial charge in [-0.1, -0.05) is 12.1 Å². The maximum atomic E-state index is 12.6. The van der Waals surface area contributed by atoms with Gasteiger partial charge in [-0.2, -0.15) is 0 Å². The van der Waals surface area contributed by atoms with Crippen molar-refractivity contribution in [3.63, 3.8) is 0 Å².